The largest absolute Gasteiger partial charge is 0.387 e. The number of aromatic nitrogens is 2. The molecule has 1 unspecified atom stereocenters. The highest BCUT2D eigenvalue weighted by atomic mass is 16.3. The Morgan fingerprint density at radius 1 is 1.20 bits per heavy atom. The van der Waals surface area contributed by atoms with Gasteiger partial charge in [-0.2, -0.15) is 0 Å². The van der Waals surface area contributed by atoms with E-state index in [1.165, 1.54) is 19.3 Å². The third-order valence-corrected chi connectivity index (χ3v) is 2.47. The Hall–Kier alpha value is -0.960. The molecule has 3 heteroatoms. The average molecular weight is 208 g/mol. The Kier molecular flexibility index (Phi) is 5.26. The SMILES string of the molecule is CCCCCCC(O)c1cnc(C)cn1. The molecule has 3 nitrogen and oxygen atoms in total. The normalized spacial score (nSPS) is 12.7. The van der Waals surface area contributed by atoms with Gasteiger partial charge in [0.15, 0.2) is 0 Å². The molecule has 1 aromatic heterocycles. The molecule has 15 heavy (non-hydrogen) atoms. The van der Waals surface area contributed by atoms with Crippen molar-refractivity contribution in [3.05, 3.63) is 23.8 Å². The lowest BCUT2D eigenvalue weighted by atomic mass is 10.1. The van der Waals surface area contributed by atoms with Gasteiger partial charge >= 0.3 is 0 Å². The van der Waals surface area contributed by atoms with E-state index in [-0.39, 0.29) is 0 Å². The molecule has 0 aliphatic rings. The van der Waals surface area contributed by atoms with E-state index in [1.54, 1.807) is 12.4 Å². The van der Waals surface area contributed by atoms with Crippen molar-refractivity contribution in [1.29, 1.82) is 0 Å². The van der Waals surface area contributed by atoms with Crippen molar-refractivity contribution in [3.8, 4) is 0 Å². The van der Waals surface area contributed by atoms with Crippen LogP contribution in [0.3, 0.4) is 0 Å². The second-order valence-electron chi connectivity index (χ2n) is 3.95. The monoisotopic (exact) mass is 208 g/mol. The van der Waals surface area contributed by atoms with Gasteiger partial charge in [0.25, 0.3) is 0 Å². The number of rotatable bonds is 6. The van der Waals surface area contributed by atoms with E-state index in [9.17, 15) is 5.11 Å². The van der Waals surface area contributed by atoms with Gasteiger partial charge in [0.1, 0.15) is 0 Å². The minimum Gasteiger partial charge on any atom is -0.387 e. The molecular weight excluding hydrogens is 188 g/mol. The molecule has 1 rings (SSSR count). The standard InChI is InChI=1S/C12H20N2O/c1-3-4-5-6-7-12(15)11-9-13-10(2)8-14-11/h8-9,12,15H,3-7H2,1-2H3. The average Bonchev–Trinajstić information content (AvgIpc) is 2.25. The molecular formula is C12H20N2O. The maximum atomic E-state index is 9.81. The fraction of sp³-hybridized carbons (Fsp3) is 0.667. The quantitative estimate of drug-likeness (QED) is 0.731. The van der Waals surface area contributed by atoms with Crippen molar-refractivity contribution < 1.29 is 5.11 Å². The predicted molar refractivity (Wildman–Crippen MR) is 60.5 cm³/mol. The van der Waals surface area contributed by atoms with E-state index in [1.807, 2.05) is 6.92 Å². The van der Waals surface area contributed by atoms with E-state index >= 15 is 0 Å². The van der Waals surface area contributed by atoms with Gasteiger partial charge in [0.2, 0.25) is 0 Å². The Morgan fingerprint density at radius 3 is 2.60 bits per heavy atom. The van der Waals surface area contributed by atoms with Crippen LogP contribution in [0.4, 0.5) is 0 Å². The molecule has 0 aliphatic carbocycles. The molecule has 0 saturated heterocycles. The lowest BCUT2D eigenvalue weighted by Crippen LogP contribution is -2.01. The molecule has 0 bridgehead atoms. The Bertz CT molecular complexity index is 271. The van der Waals surface area contributed by atoms with Crippen molar-refractivity contribution in [2.45, 2.75) is 52.1 Å². The first kappa shape index (κ1) is 12.1. The summed E-state index contributed by atoms with van der Waals surface area (Å²) < 4.78 is 0. The summed E-state index contributed by atoms with van der Waals surface area (Å²) in [5.41, 5.74) is 1.58. The number of nitrogens with zero attached hydrogens (tertiary/aromatic N) is 2. The van der Waals surface area contributed by atoms with Gasteiger partial charge in [-0.25, -0.2) is 0 Å². The Balaban J connectivity index is 2.33. The summed E-state index contributed by atoms with van der Waals surface area (Å²) in [4.78, 5) is 8.29. The molecule has 1 atom stereocenters. The molecule has 0 amide bonds. The molecule has 0 spiro atoms. The maximum Gasteiger partial charge on any atom is 0.0975 e. The molecule has 0 fully saturated rings. The van der Waals surface area contributed by atoms with E-state index < -0.39 is 6.10 Å². The van der Waals surface area contributed by atoms with Crippen molar-refractivity contribution in [2.75, 3.05) is 0 Å². The first-order chi connectivity index (χ1) is 7.24. The van der Waals surface area contributed by atoms with Gasteiger partial charge in [-0.1, -0.05) is 32.6 Å². The Labute approximate surface area is 91.6 Å². The van der Waals surface area contributed by atoms with Gasteiger partial charge in [0, 0.05) is 6.20 Å². The zero-order valence-electron chi connectivity index (χ0n) is 9.61. The number of hydrogen-bond acceptors (Lipinski definition) is 3. The van der Waals surface area contributed by atoms with Crippen LogP contribution in [0.2, 0.25) is 0 Å². The zero-order chi connectivity index (χ0) is 11.1. The molecule has 84 valence electrons. The summed E-state index contributed by atoms with van der Waals surface area (Å²) in [6, 6.07) is 0. The van der Waals surface area contributed by atoms with Crippen LogP contribution >= 0.6 is 0 Å². The first-order valence-electron chi connectivity index (χ1n) is 5.70. The highest BCUT2D eigenvalue weighted by molar-refractivity contribution is 5.03. The number of aliphatic hydroxyl groups excluding tert-OH is 1. The molecule has 0 aliphatic heterocycles. The van der Waals surface area contributed by atoms with E-state index in [4.69, 9.17) is 0 Å². The fourth-order valence-electron chi connectivity index (χ4n) is 1.49. The summed E-state index contributed by atoms with van der Waals surface area (Å²) in [6.07, 6.45) is 8.42. The lowest BCUT2D eigenvalue weighted by molar-refractivity contribution is 0.158. The van der Waals surface area contributed by atoms with Crippen LogP contribution in [0.25, 0.3) is 0 Å². The van der Waals surface area contributed by atoms with Crippen molar-refractivity contribution >= 4 is 0 Å². The summed E-state index contributed by atoms with van der Waals surface area (Å²) in [6.45, 7) is 4.08. The molecule has 0 aromatic carbocycles. The topological polar surface area (TPSA) is 46.0 Å². The van der Waals surface area contributed by atoms with Crippen LogP contribution in [-0.2, 0) is 0 Å². The first-order valence-corrected chi connectivity index (χ1v) is 5.70. The number of aliphatic hydroxyl groups is 1. The minimum atomic E-state index is -0.449. The van der Waals surface area contributed by atoms with Crippen LogP contribution in [0.1, 0.15) is 56.5 Å². The molecule has 1 heterocycles. The number of unbranched alkanes of at least 4 members (excludes halogenated alkanes) is 3. The van der Waals surface area contributed by atoms with Crippen molar-refractivity contribution in [3.63, 3.8) is 0 Å². The van der Waals surface area contributed by atoms with Crippen LogP contribution in [0.5, 0.6) is 0 Å². The third kappa shape index (κ3) is 4.38. The zero-order valence-corrected chi connectivity index (χ0v) is 9.61. The van der Waals surface area contributed by atoms with Gasteiger partial charge < -0.3 is 5.11 Å². The van der Waals surface area contributed by atoms with Gasteiger partial charge in [-0.15, -0.1) is 0 Å². The predicted octanol–water partition coefficient (Wildman–Crippen LogP) is 2.79. The molecule has 1 N–H and O–H groups in total. The van der Waals surface area contributed by atoms with Crippen molar-refractivity contribution in [2.24, 2.45) is 0 Å². The Morgan fingerprint density at radius 2 is 2.00 bits per heavy atom. The maximum absolute atomic E-state index is 9.81. The van der Waals surface area contributed by atoms with Gasteiger partial charge in [-0.05, 0) is 13.3 Å². The lowest BCUT2D eigenvalue weighted by Gasteiger charge is -2.09. The summed E-state index contributed by atoms with van der Waals surface area (Å²) in [5.74, 6) is 0. The van der Waals surface area contributed by atoms with Crippen LogP contribution < -0.4 is 0 Å². The molecule has 0 radical (unpaired) electrons. The van der Waals surface area contributed by atoms with Gasteiger partial charge in [-0.3, -0.25) is 9.97 Å². The minimum absolute atomic E-state index is 0.449. The van der Waals surface area contributed by atoms with E-state index in [0.29, 0.717) is 5.69 Å². The second kappa shape index (κ2) is 6.51. The van der Waals surface area contributed by atoms with E-state index in [0.717, 1.165) is 18.5 Å². The molecule has 0 saturated carbocycles. The highest BCUT2D eigenvalue weighted by Crippen LogP contribution is 2.17. The van der Waals surface area contributed by atoms with Gasteiger partial charge in [0.05, 0.1) is 23.7 Å². The molecule has 1 aromatic rings. The highest BCUT2D eigenvalue weighted by Gasteiger charge is 2.08. The number of aryl methyl sites for hydroxylation is 1. The third-order valence-electron chi connectivity index (χ3n) is 2.47. The summed E-state index contributed by atoms with van der Waals surface area (Å²) in [7, 11) is 0. The van der Waals surface area contributed by atoms with Crippen LogP contribution in [-0.4, -0.2) is 15.1 Å². The van der Waals surface area contributed by atoms with Crippen LogP contribution in [0.15, 0.2) is 12.4 Å². The summed E-state index contributed by atoms with van der Waals surface area (Å²) >= 11 is 0. The van der Waals surface area contributed by atoms with Crippen molar-refractivity contribution in [1.82, 2.24) is 9.97 Å². The van der Waals surface area contributed by atoms with E-state index in [2.05, 4.69) is 16.9 Å². The number of hydrogen-bond donors (Lipinski definition) is 1. The summed E-state index contributed by atoms with van der Waals surface area (Å²) in [5, 5.41) is 9.81. The second-order valence-corrected chi connectivity index (χ2v) is 3.95. The fourth-order valence-corrected chi connectivity index (χ4v) is 1.49. The van der Waals surface area contributed by atoms with Crippen LogP contribution in [0, 0.1) is 6.92 Å². The smallest absolute Gasteiger partial charge is 0.0975 e.